The van der Waals surface area contributed by atoms with Gasteiger partial charge in [-0.1, -0.05) is 72.3 Å². The van der Waals surface area contributed by atoms with E-state index in [4.69, 9.17) is 0 Å². The predicted molar refractivity (Wildman–Crippen MR) is 164 cm³/mol. The molecule has 4 heteroatoms. The Labute approximate surface area is 224 Å². The van der Waals surface area contributed by atoms with Crippen molar-refractivity contribution in [1.82, 2.24) is 16.0 Å². The standard InChI is InChI=1S/C33H41N3P/c1-27(22-23-31-32(34-2)21-14-25-33(31,35-3)36-4)24-26-37(28-15-8-5-9-16-28,29-17-10-6-11-18-29)30-19-12-7-13-20-30/h5-13,15-20,22-24,34-36H,14,21,25-26H2,1-4H3/q+1. The minimum atomic E-state index is -1.88. The van der Waals surface area contributed by atoms with Crippen LogP contribution in [-0.4, -0.2) is 33.0 Å². The Hall–Kier alpha value is -2.97. The lowest BCUT2D eigenvalue weighted by Crippen LogP contribution is -2.57. The first kappa shape index (κ1) is 27.1. The number of hydrogen-bond acceptors (Lipinski definition) is 3. The maximum absolute atomic E-state index is 3.55. The van der Waals surface area contributed by atoms with Gasteiger partial charge in [0.05, 0.1) is 11.8 Å². The van der Waals surface area contributed by atoms with Crippen molar-refractivity contribution >= 4 is 23.2 Å². The van der Waals surface area contributed by atoms with Crippen LogP contribution in [0.15, 0.2) is 126 Å². The smallest absolute Gasteiger partial charge is 0.115 e. The van der Waals surface area contributed by atoms with E-state index in [0.29, 0.717) is 0 Å². The fraction of sp³-hybridized carbons (Fsp3) is 0.273. The van der Waals surface area contributed by atoms with Crippen LogP contribution in [0.4, 0.5) is 0 Å². The summed E-state index contributed by atoms with van der Waals surface area (Å²) < 4.78 is 0. The molecular formula is C33H41N3P+. The van der Waals surface area contributed by atoms with Gasteiger partial charge < -0.3 is 5.32 Å². The van der Waals surface area contributed by atoms with E-state index in [1.807, 2.05) is 21.1 Å². The van der Waals surface area contributed by atoms with Gasteiger partial charge in [0.1, 0.15) is 23.2 Å². The Bertz CT molecular complexity index is 1130. The lowest BCUT2D eigenvalue weighted by molar-refractivity contribution is 0.305. The highest BCUT2D eigenvalue weighted by molar-refractivity contribution is 7.95. The zero-order valence-corrected chi connectivity index (χ0v) is 23.6. The molecule has 0 atom stereocenters. The lowest BCUT2D eigenvalue weighted by atomic mass is 9.84. The van der Waals surface area contributed by atoms with E-state index in [-0.39, 0.29) is 5.66 Å². The Morgan fingerprint density at radius 2 is 1.27 bits per heavy atom. The van der Waals surface area contributed by atoms with Crippen LogP contribution >= 0.6 is 7.26 Å². The van der Waals surface area contributed by atoms with E-state index < -0.39 is 7.26 Å². The van der Waals surface area contributed by atoms with Crippen LogP contribution in [0.2, 0.25) is 0 Å². The zero-order valence-electron chi connectivity index (χ0n) is 22.7. The maximum Gasteiger partial charge on any atom is 0.115 e. The van der Waals surface area contributed by atoms with E-state index >= 15 is 0 Å². The topological polar surface area (TPSA) is 36.1 Å². The molecule has 0 amide bonds. The molecule has 4 rings (SSSR count). The normalized spacial score (nSPS) is 16.3. The Morgan fingerprint density at radius 3 is 1.70 bits per heavy atom. The molecule has 0 heterocycles. The third-order valence-electron chi connectivity index (χ3n) is 7.71. The molecule has 3 nitrogen and oxygen atoms in total. The van der Waals surface area contributed by atoms with Crippen molar-refractivity contribution in [3.8, 4) is 0 Å². The second-order valence-electron chi connectivity index (χ2n) is 9.68. The molecule has 3 aromatic rings. The molecular weight excluding hydrogens is 469 g/mol. The van der Waals surface area contributed by atoms with Gasteiger partial charge in [-0.15, -0.1) is 0 Å². The van der Waals surface area contributed by atoms with Crippen LogP contribution in [0.1, 0.15) is 26.2 Å². The van der Waals surface area contributed by atoms with Crippen molar-refractivity contribution in [2.75, 3.05) is 27.3 Å². The Balaban J connectivity index is 1.77. The third-order valence-corrected chi connectivity index (χ3v) is 12.0. The molecule has 0 bridgehead atoms. The number of benzene rings is 3. The molecule has 0 radical (unpaired) electrons. The molecule has 0 aromatic heterocycles. The molecule has 0 saturated heterocycles. The summed E-state index contributed by atoms with van der Waals surface area (Å²) in [6.45, 7) is 2.23. The van der Waals surface area contributed by atoms with Crippen molar-refractivity contribution < 1.29 is 0 Å². The van der Waals surface area contributed by atoms with Gasteiger partial charge in [0.15, 0.2) is 0 Å². The molecule has 1 aliphatic carbocycles. The number of hydrogen-bond donors (Lipinski definition) is 3. The van der Waals surface area contributed by atoms with Crippen LogP contribution < -0.4 is 31.9 Å². The van der Waals surface area contributed by atoms with Crippen molar-refractivity contribution in [3.05, 3.63) is 126 Å². The lowest BCUT2D eigenvalue weighted by Gasteiger charge is -2.39. The van der Waals surface area contributed by atoms with Crippen molar-refractivity contribution in [2.45, 2.75) is 31.8 Å². The highest BCUT2D eigenvalue weighted by Gasteiger charge is 2.44. The third kappa shape index (κ3) is 5.65. The van der Waals surface area contributed by atoms with Crippen LogP contribution in [0.5, 0.6) is 0 Å². The van der Waals surface area contributed by atoms with E-state index in [1.54, 1.807) is 0 Å². The highest BCUT2D eigenvalue weighted by Crippen LogP contribution is 2.55. The van der Waals surface area contributed by atoms with Crippen LogP contribution in [0.3, 0.4) is 0 Å². The van der Waals surface area contributed by atoms with E-state index in [0.717, 1.165) is 25.4 Å². The molecule has 0 spiro atoms. The summed E-state index contributed by atoms with van der Waals surface area (Å²) in [7, 11) is 4.25. The van der Waals surface area contributed by atoms with Crippen molar-refractivity contribution in [2.24, 2.45) is 0 Å². The Kier molecular flexibility index (Phi) is 9.16. The first-order valence-corrected chi connectivity index (χ1v) is 15.3. The van der Waals surface area contributed by atoms with Crippen LogP contribution in [0, 0.1) is 0 Å². The average molecular weight is 511 g/mol. The summed E-state index contributed by atoms with van der Waals surface area (Å²) in [6, 6.07) is 33.3. The van der Waals surface area contributed by atoms with Crippen molar-refractivity contribution in [1.29, 1.82) is 0 Å². The summed E-state index contributed by atoms with van der Waals surface area (Å²) in [5, 5.41) is 14.8. The molecule has 3 N–H and O–H groups in total. The van der Waals surface area contributed by atoms with Gasteiger partial charge in [-0.05, 0) is 82.8 Å². The molecule has 0 saturated carbocycles. The summed E-state index contributed by atoms with van der Waals surface area (Å²) in [4.78, 5) is 0. The van der Waals surface area contributed by atoms with E-state index in [1.165, 1.54) is 32.8 Å². The first-order valence-electron chi connectivity index (χ1n) is 13.3. The van der Waals surface area contributed by atoms with Gasteiger partial charge in [-0.3, -0.25) is 10.6 Å². The van der Waals surface area contributed by atoms with Crippen molar-refractivity contribution in [3.63, 3.8) is 0 Å². The van der Waals surface area contributed by atoms with Gasteiger partial charge in [-0.25, -0.2) is 0 Å². The van der Waals surface area contributed by atoms with Gasteiger partial charge in [0, 0.05) is 18.3 Å². The zero-order chi connectivity index (χ0) is 26.1. The minimum absolute atomic E-state index is 0.206. The first-order chi connectivity index (χ1) is 18.1. The molecule has 1 aliphatic rings. The van der Waals surface area contributed by atoms with Crippen LogP contribution in [-0.2, 0) is 0 Å². The monoisotopic (exact) mass is 510 g/mol. The summed E-state index contributed by atoms with van der Waals surface area (Å²) in [5.74, 6) is 0. The molecule has 0 fully saturated rings. The van der Waals surface area contributed by atoms with Gasteiger partial charge >= 0.3 is 0 Å². The van der Waals surface area contributed by atoms with E-state index in [2.05, 4.69) is 132 Å². The largest absolute Gasteiger partial charge is 0.391 e. The second-order valence-corrected chi connectivity index (χ2v) is 13.2. The van der Waals surface area contributed by atoms with Gasteiger partial charge in [0.2, 0.25) is 0 Å². The Morgan fingerprint density at radius 1 is 0.784 bits per heavy atom. The van der Waals surface area contributed by atoms with E-state index in [9.17, 15) is 0 Å². The number of likely N-dealkylation sites (N-methyl/N-ethyl adjacent to an activating group) is 2. The summed E-state index contributed by atoms with van der Waals surface area (Å²) in [5.41, 5.74) is 3.68. The van der Waals surface area contributed by atoms with Crippen LogP contribution in [0.25, 0.3) is 0 Å². The highest BCUT2D eigenvalue weighted by atomic mass is 31.2. The average Bonchev–Trinajstić information content (AvgIpc) is 2.97. The summed E-state index contributed by atoms with van der Waals surface area (Å²) >= 11 is 0. The molecule has 3 aromatic carbocycles. The predicted octanol–water partition coefficient (Wildman–Crippen LogP) is 5.28. The fourth-order valence-corrected chi connectivity index (χ4v) is 9.71. The number of rotatable bonds is 10. The van der Waals surface area contributed by atoms with Gasteiger partial charge in [-0.2, -0.15) is 0 Å². The molecule has 192 valence electrons. The second kappa shape index (κ2) is 12.5. The SMILES string of the molecule is CNC1=C(C=CC(C)=CC[P+](c2ccccc2)(c2ccccc2)c2ccccc2)C(NC)(NC)CCC1. The summed E-state index contributed by atoms with van der Waals surface area (Å²) in [6.07, 6.45) is 11.3. The molecule has 0 aliphatic heterocycles. The molecule has 0 unspecified atom stereocenters. The maximum atomic E-state index is 3.55. The number of nitrogens with one attached hydrogen (secondary N) is 3. The quantitative estimate of drug-likeness (QED) is 0.197. The minimum Gasteiger partial charge on any atom is -0.391 e. The van der Waals surface area contributed by atoms with Gasteiger partial charge in [0.25, 0.3) is 0 Å². The fourth-order valence-electron chi connectivity index (χ4n) is 5.58. The molecule has 37 heavy (non-hydrogen) atoms. The number of allylic oxidation sites excluding steroid dienone is 4.